The van der Waals surface area contributed by atoms with E-state index in [9.17, 15) is 0 Å². The second-order valence-corrected chi connectivity index (χ2v) is 6.66. The molecular formula is C20H15BrN4O. The lowest BCUT2D eigenvalue weighted by Crippen LogP contribution is -1.98. The number of pyridine rings is 1. The predicted octanol–water partition coefficient (Wildman–Crippen LogP) is 4.71. The van der Waals surface area contributed by atoms with Gasteiger partial charge < -0.3 is 10.5 Å². The maximum atomic E-state index is 6.14. The molecule has 2 aromatic carbocycles. The van der Waals surface area contributed by atoms with Crippen LogP contribution in [-0.2, 0) is 0 Å². The Bertz CT molecular complexity index is 1080. The first-order valence-electron chi connectivity index (χ1n) is 7.97. The van der Waals surface area contributed by atoms with Crippen LogP contribution in [0.3, 0.4) is 0 Å². The molecule has 4 aromatic rings. The average Bonchev–Trinajstić information content (AvgIpc) is 2.68. The van der Waals surface area contributed by atoms with Crippen LogP contribution >= 0.6 is 15.9 Å². The molecule has 0 unspecified atom stereocenters. The van der Waals surface area contributed by atoms with Gasteiger partial charge in [0.1, 0.15) is 17.9 Å². The van der Waals surface area contributed by atoms with Crippen LogP contribution in [0.15, 0.2) is 65.4 Å². The largest absolute Gasteiger partial charge is 0.497 e. The molecule has 0 saturated carbocycles. The molecule has 6 heteroatoms. The maximum absolute atomic E-state index is 6.14. The van der Waals surface area contributed by atoms with E-state index >= 15 is 0 Å². The highest BCUT2D eigenvalue weighted by molar-refractivity contribution is 9.10. The number of nitrogens with zero attached hydrogens (tertiary/aromatic N) is 3. The molecule has 4 rings (SSSR count). The zero-order valence-electron chi connectivity index (χ0n) is 14.0. The smallest absolute Gasteiger partial charge is 0.165 e. The van der Waals surface area contributed by atoms with Gasteiger partial charge in [0.25, 0.3) is 0 Å². The van der Waals surface area contributed by atoms with Crippen molar-refractivity contribution in [1.82, 2.24) is 15.0 Å². The summed E-state index contributed by atoms with van der Waals surface area (Å²) in [6.07, 6.45) is 1.44. The number of benzene rings is 2. The van der Waals surface area contributed by atoms with Crippen molar-refractivity contribution in [2.24, 2.45) is 0 Å². The van der Waals surface area contributed by atoms with Crippen LogP contribution in [0.25, 0.3) is 33.4 Å². The van der Waals surface area contributed by atoms with E-state index in [1.165, 1.54) is 6.33 Å². The van der Waals surface area contributed by atoms with Crippen molar-refractivity contribution in [3.05, 3.63) is 65.4 Å². The number of rotatable bonds is 3. The molecule has 0 aliphatic carbocycles. The summed E-state index contributed by atoms with van der Waals surface area (Å²) in [5, 5.41) is 0.749. The number of nitrogen functional groups attached to an aromatic ring is 1. The maximum Gasteiger partial charge on any atom is 0.165 e. The summed E-state index contributed by atoms with van der Waals surface area (Å²) in [4.78, 5) is 13.2. The first-order valence-corrected chi connectivity index (χ1v) is 8.76. The van der Waals surface area contributed by atoms with Gasteiger partial charge in [0.2, 0.25) is 0 Å². The molecule has 0 aliphatic heterocycles. The van der Waals surface area contributed by atoms with Crippen molar-refractivity contribution in [2.45, 2.75) is 0 Å². The first kappa shape index (κ1) is 16.5. The van der Waals surface area contributed by atoms with Crippen LogP contribution in [0, 0.1) is 0 Å². The molecule has 128 valence electrons. The van der Waals surface area contributed by atoms with Crippen molar-refractivity contribution < 1.29 is 4.74 Å². The third kappa shape index (κ3) is 2.99. The third-order valence-corrected chi connectivity index (χ3v) is 4.70. The number of halogens is 1. The van der Waals surface area contributed by atoms with E-state index in [1.54, 1.807) is 7.11 Å². The van der Waals surface area contributed by atoms with E-state index in [2.05, 4.69) is 30.9 Å². The van der Waals surface area contributed by atoms with Gasteiger partial charge in [-0.25, -0.2) is 15.0 Å². The molecule has 0 amide bonds. The predicted molar refractivity (Wildman–Crippen MR) is 107 cm³/mol. The molecule has 0 radical (unpaired) electrons. The first-order chi connectivity index (χ1) is 12.7. The number of aromatic nitrogens is 3. The minimum atomic E-state index is 0.413. The third-order valence-electron chi connectivity index (χ3n) is 4.17. The van der Waals surface area contributed by atoms with Gasteiger partial charge in [-0.05, 0) is 41.5 Å². The number of fused-ring (bicyclic) bond motifs is 1. The van der Waals surface area contributed by atoms with Gasteiger partial charge in [0.05, 0.1) is 18.2 Å². The summed E-state index contributed by atoms with van der Waals surface area (Å²) in [5.74, 6) is 1.21. The summed E-state index contributed by atoms with van der Waals surface area (Å²) < 4.78 is 6.27. The molecule has 0 saturated heterocycles. The van der Waals surface area contributed by atoms with Gasteiger partial charge in [-0.15, -0.1) is 0 Å². The van der Waals surface area contributed by atoms with E-state index in [0.717, 1.165) is 38.0 Å². The van der Waals surface area contributed by atoms with Gasteiger partial charge in [0.15, 0.2) is 5.65 Å². The van der Waals surface area contributed by atoms with Gasteiger partial charge >= 0.3 is 0 Å². The van der Waals surface area contributed by atoms with E-state index < -0.39 is 0 Å². The van der Waals surface area contributed by atoms with Crippen LogP contribution in [0.2, 0.25) is 0 Å². The lowest BCUT2D eigenvalue weighted by Gasteiger charge is -2.11. The Labute approximate surface area is 159 Å². The highest BCUT2D eigenvalue weighted by Crippen LogP contribution is 2.34. The topological polar surface area (TPSA) is 73.9 Å². The molecule has 0 fully saturated rings. The average molecular weight is 407 g/mol. The fourth-order valence-corrected chi connectivity index (χ4v) is 3.12. The summed E-state index contributed by atoms with van der Waals surface area (Å²) in [7, 11) is 1.65. The minimum absolute atomic E-state index is 0.413. The summed E-state index contributed by atoms with van der Waals surface area (Å²) in [5.41, 5.74) is 10.5. The fourth-order valence-electron chi connectivity index (χ4n) is 2.85. The molecule has 2 N–H and O–H groups in total. The standard InChI is InChI=1S/C20H15BrN4O/c1-26-15-8-4-12(5-9-15)16-10-17(13-2-6-14(21)7-3-13)25-20-18(16)19(22)23-11-24-20/h2-11H,1H3,(H2,22,23,24,25). The number of methoxy groups -OCH3 is 1. The number of hydrogen-bond acceptors (Lipinski definition) is 5. The highest BCUT2D eigenvalue weighted by Gasteiger charge is 2.13. The lowest BCUT2D eigenvalue weighted by molar-refractivity contribution is 0.415. The van der Waals surface area contributed by atoms with E-state index in [1.807, 2.05) is 54.6 Å². The van der Waals surface area contributed by atoms with Crippen molar-refractivity contribution in [3.63, 3.8) is 0 Å². The number of nitrogens with two attached hydrogens (primary N) is 1. The Hall–Kier alpha value is -2.99. The molecule has 2 heterocycles. The molecule has 5 nitrogen and oxygen atoms in total. The van der Waals surface area contributed by atoms with Crippen LogP contribution in [-0.4, -0.2) is 22.1 Å². The molecule has 26 heavy (non-hydrogen) atoms. The second kappa shape index (κ2) is 6.72. The van der Waals surface area contributed by atoms with Crippen molar-refractivity contribution in [1.29, 1.82) is 0 Å². The molecular weight excluding hydrogens is 392 g/mol. The van der Waals surface area contributed by atoms with Crippen molar-refractivity contribution in [3.8, 4) is 28.1 Å². The van der Waals surface area contributed by atoms with Crippen LogP contribution < -0.4 is 10.5 Å². The Kier molecular flexibility index (Phi) is 4.26. The molecule has 0 spiro atoms. The number of hydrogen-bond donors (Lipinski definition) is 1. The Morgan fingerprint density at radius 2 is 1.62 bits per heavy atom. The number of anilines is 1. The van der Waals surface area contributed by atoms with Gasteiger partial charge in [-0.2, -0.15) is 0 Å². The summed E-state index contributed by atoms with van der Waals surface area (Å²) in [6, 6.07) is 17.8. The SMILES string of the molecule is COc1ccc(-c2cc(-c3ccc(Br)cc3)nc3ncnc(N)c23)cc1. The fraction of sp³-hybridized carbons (Fsp3) is 0.0500. The minimum Gasteiger partial charge on any atom is -0.497 e. The van der Waals surface area contributed by atoms with Crippen LogP contribution in [0.1, 0.15) is 0 Å². The van der Waals surface area contributed by atoms with Gasteiger partial charge in [-0.1, -0.05) is 40.2 Å². The van der Waals surface area contributed by atoms with E-state index in [0.29, 0.717) is 11.5 Å². The lowest BCUT2D eigenvalue weighted by atomic mass is 10.00. The van der Waals surface area contributed by atoms with E-state index in [-0.39, 0.29) is 0 Å². The monoisotopic (exact) mass is 406 g/mol. The molecule has 0 aliphatic rings. The molecule has 2 aromatic heterocycles. The highest BCUT2D eigenvalue weighted by atomic mass is 79.9. The zero-order valence-corrected chi connectivity index (χ0v) is 15.6. The van der Waals surface area contributed by atoms with Crippen molar-refractivity contribution in [2.75, 3.05) is 12.8 Å². The molecule has 0 bridgehead atoms. The van der Waals surface area contributed by atoms with Gasteiger partial charge in [-0.3, -0.25) is 0 Å². The Morgan fingerprint density at radius 1 is 0.923 bits per heavy atom. The van der Waals surface area contributed by atoms with Crippen LogP contribution in [0.4, 0.5) is 5.82 Å². The van der Waals surface area contributed by atoms with Crippen molar-refractivity contribution >= 4 is 32.8 Å². The summed E-state index contributed by atoms with van der Waals surface area (Å²) in [6.45, 7) is 0. The van der Waals surface area contributed by atoms with E-state index in [4.69, 9.17) is 10.5 Å². The quantitative estimate of drug-likeness (QED) is 0.532. The Morgan fingerprint density at radius 3 is 2.31 bits per heavy atom. The van der Waals surface area contributed by atoms with Gasteiger partial charge in [0, 0.05) is 10.0 Å². The molecule has 0 atom stereocenters. The zero-order chi connectivity index (χ0) is 18.1. The number of ether oxygens (including phenoxy) is 1. The van der Waals surface area contributed by atoms with Crippen LogP contribution in [0.5, 0.6) is 5.75 Å². The second-order valence-electron chi connectivity index (χ2n) is 5.75. The summed E-state index contributed by atoms with van der Waals surface area (Å²) >= 11 is 3.46. The Balaban J connectivity index is 1.97. The normalized spacial score (nSPS) is 10.8.